The average Bonchev–Trinajstić information content (AvgIpc) is 3.26. The number of alkyl carbamates (subject to hydrolysis) is 1. The van der Waals surface area contributed by atoms with Gasteiger partial charge in [0.1, 0.15) is 25.1 Å². The van der Waals surface area contributed by atoms with Crippen LogP contribution in [0.2, 0.25) is 0 Å². The molecule has 0 bridgehead atoms. The van der Waals surface area contributed by atoms with E-state index in [9.17, 15) is 9.59 Å². The maximum Gasteiger partial charge on any atom is 0.408 e. The minimum Gasteiger partial charge on any atom is -0.463 e. The van der Waals surface area contributed by atoms with Crippen molar-refractivity contribution in [3.63, 3.8) is 0 Å². The monoisotopic (exact) mass is 592 g/mol. The Balaban J connectivity index is 1.46. The Hall–Kier alpha value is -3.56. The van der Waals surface area contributed by atoms with Crippen molar-refractivity contribution in [2.24, 2.45) is 5.92 Å². The third-order valence-electron chi connectivity index (χ3n) is 6.65. The van der Waals surface area contributed by atoms with Crippen LogP contribution < -0.4 is 5.32 Å². The highest BCUT2D eigenvalue weighted by Gasteiger charge is 2.24. The van der Waals surface area contributed by atoms with Gasteiger partial charge < -0.3 is 19.4 Å². The smallest absolute Gasteiger partial charge is 0.408 e. The summed E-state index contributed by atoms with van der Waals surface area (Å²) in [5.41, 5.74) is 4.07. The second-order valence-electron chi connectivity index (χ2n) is 10.6. The van der Waals surface area contributed by atoms with E-state index in [4.69, 9.17) is 9.47 Å². The first kappa shape index (κ1) is 32.9. The summed E-state index contributed by atoms with van der Waals surface area (Å²) in [6.07, 6.45) is 13.7. The second-order valence-corrected chi connectivity index (χ2v) is 11.9. The number of benzene rings is 1. The number of rotatable bonds is 15. The van der Waals surface area contributed by atoms with Crippen LogP contribution in [0.25, 0.3) is 12.2 Å². The molecule has 0 spiro atoms. The Morgan fingerprint density at radius 2 is 1.98 bits per heavy atom. The van der Waals surface area contributed by atoms with Crippen molar-refractivity contribution in [1.29, 1.82) is 0 Å². The van der Waals surface area contributed by atoms with Crippen molar-refractivity contribution >= 4 is 36.2 Å². The van der Waals surface area contributed by atoms with Crippen LogP contribution in [-0.2, 0) is 20.8 Å². The fourth-order valence-corrected chi connectivity index (χ4v) is 5.30. The quantitative estimate of drug-likeness (QED) is 0.180. The number of likely N-dealkylation sites (N-methyl/N-ethyl adjacent to an activating group) is 1. The highest BCUT2D eigenvalue weighted by atomic mass is 32.2. The van der Waals surface area contributed by atoms with Crippen molar-refractivity contribution in [3.8, 4) is 0 Å². The Morgan fingerprint density at radius 1 is 1.21 bits per heavy atom. The highest BCUT2D eigenvalue weighted by molar-refractivity contribution is 7.97. The molecule has 1 aromatic carbocycles. The first-order valence-corrected chi connectivity index (χ1v) is 15.2. The molecule has 2 aromatic rings. The van der Waals surface area contributed by atoms with Crippen LogP contribution >= 0.6 is 11.9 Å². The summed E-state index contributed by atoms with van der Waals surface area (Å²) >= 11 is 1.58. The van der Waals surface area contributed by atoms with E-state index in [2.05, 4.69) is 63.9 Å². The summed E-state index contributed by atoms with van der Waals surface area (Å²) in [7, 11) is 1.96. The number of imidazole rings is 1. The zero-order valence-electron chi connectivity index (χ0n) is 25.5. The third-order valence-corrected chi connectivity index (χ3v) is 7.62. The molecule has 42 heavy (non-hydrogen) atoms. The Kier molecular flexibility index (Phi) is 13.2. The zero-order valence-corrected chi connectivity index (χ0v) is 26.3. The summed E-state index contributed by atoms with van der Waals surface area (Å²) in [6.45, 7) is 13.5. The number of aryl methyl sites for hydroxylation is 1. The number of carbonyl (C=O) groups is 2. The summed E-state index contributed by atoms with van der Waals surface area (Å²) in [5, 5.41) is 2.69. The molecule has 226 valence electrons. The molecule has 1 aliphatic carbocycles. The number of nitrogens with zero attached hydrogens (tertiary/aromatic N) is 3. The molecule has 0 fully saturated rings. The van der Waals surface area contributed by atoms with Gasteiger partial charge in [0, 0.05) is 18.0 Å². The maximum absolute atomic E-state index is 12.8. The maximum atomic E-state index is 12.8. The summed E-state index contributed by atoms with van der Waals surface area (Å²) in [5.74, 6) is 0.694. The minimum absolute atomic E-state index is 0.186. The lowest BCUT2D eigenvalue weighted by molar-refractivity contribution is -0.146. The Morgan fingerprint density at radius 3 is 2.62 bits per heavy atom. The molecule has 1 heterocycles. The Bertz CT molecular complexity index is 1290. The van der Waals surface area contributed by atoms with Crippen LogP contribution in [0.1, 0.15) is 62.8 Å². The molecule has 1 atom stereocenters. The van der Waals surface area contributed by atoms with Gasteiger partial charge in [-0.15, -0.1) is 0 Å². The van der Waals surface area contributed by atoms with Gasteiger partial charge in [-0.05, 0) is 93.4 Å². The van der Waals surface area contributed by atoms with Gasteiger partial charge in [0.2, 0.25) is 0 Å². The van der Waals surface area contributed by atoms with Crippen LogP contribution in [0.4, 0.5) is 4.79 Å². The van der Waals surface area contributed by atoms with E-state index >= 15 is 0 Å². The normalized spacial score (nSPS) is 13.8. The number of esters is 1. The number of nitrogens with one attached hydrogen (secondary N) is 1. The van der Waals surface area contributed by atoms with Gasteiger partial charge >= 0.3 is 12.1 Å². The molecular formula is C33H44N4O4S. The molecule has 0 saturated carbocycles. The molecule has 1 amide bonds. The first-order chi connectivity index (χ1) is 20.2. The third kappa shape index (κ3) is 10.4. The molecule has 3 rings (SSSR count). The second kappa shape index (κ2) is 16.8. The molecule has 0 unspecified atom stereocenters. The van der Waals surface area contributed by atoms with Gasteiger partial charge in [0.25, 0.3) is 0 Å². The highest BCUT2D eigenvalue weighted by Crippen LogP contribution is 2.23. The zero-order chi connectivity index (χ0) is 30.5. The summed E-state index contributed by atoms with van der Waals surface area (Å²) < 4.78 is 15.1. The number of hydrogen-bond donors (Lipinski definition) is 1. The molecule has 1 aliphatic rings. The number of allylic oxidation sites excluding steroid dienone is 3. The molecule has 0 aliphatic heterocycles. The number of carbonyl (C=O) groups excluding carboxylic acids is 2. The van der Waals surface area contributed by atoms with E-state index < -0.39 is 18.1 Å². The van der Waals surface area contributed by atoms with Crippen molar-refractivity contribution in [2.75, 3.05) is 26.8 Å². The van der Waals surface area contributed by atoms with Gasteiger partial charge in [-0.1, -0.05) is 56.9 Å². The number of aromatic nitrogens is 2. The van der Waals surface area contributed by atoms with E-state index in [1.807, 2.05) is 51.2 Å². The van der Waals surface area contributed by atoms with Gasteiger partial charge in [0.15, 0.2) is 0 Å². The number of amides is 1. The van der Waals surface area contributed by atoms with Crippen LogP contribution in [0.5, 0.6) is 0 Å². The minimum atomic E-state index is -0.756. The predicted molar refractivity (Wildman–Crippen MR) is 171 cm³/mol. The fraction of sp³-hybridized carbons (Fsp3) is 0.424. The van der Waals surface area contributed by atoms with Crippen molar-refractivity contribution < 1.29 is 19.1 Å². The van der Waals surface area contributed by atoms with Crippen LogP contribution in [0.15, 0.2) is 65.6 Å². The van der Waals surface area contributed by atoms with E-state index in [0.717, 1.165) is 47.1 Å². The number of hydrogen-bond acceptors (Lipinski definition) is 7. The topological polar surface area (TPSA) is 85.7 Å². The Labute approximate surface area is 254 Å². The fourth-order valence-electron chi connectivity index (χ4n) is 4.52. The lowest BCUT2D eigenvalue weighted by atomic mass is 10.0. The number of ether oxygens (including phenoxy) is 2. The van der Waals surface area contributed by atoms with Gasteiger partial charge in [-0.25, -0.2) is 18.9 Å². The molecule has 1 N–H and O–H groups in total. The van der Waals surface area contributed by atoms with Crippen molar-refractivity contribution in [3.05, 3.63) is 83.5 Å². The van der Waals surface area contributed by atoms with Gasteiger partial charge in [-0.3, -0.25) is 0 Å². The van der Waals surface area contributed by atoms with Crippen molar-refractivity contribution in [1.82, 2.24) is 19.2 Å². The van der Waals surface area contributed by atoms with Crippen LogP contribution in [-0.4, -0.2) is 58.8 Å². The summed E-state index contributed by atoms with van der Waals surface area (Å²) in [4.78, 5) is 30.9. The SMILES string of the molecule is C=Cc1nc(C)n(Cc2ccc(SN(C)CCOC(=O)[C@H](CC(C)C)NC(=O)OCC3=CCCC=C3)cc2)c1/C=C\C. The van der Waals surface area contributed by atoms with E-state index in [-0.39, 0.29) is 19.1 Å². The van der Waals surface area contributed by atoms with E-state index in [1.165, 1.54) is 5.56 Å². The van der Waals surface area contributed by atoms with E-state index in [1.54, 1.807) is 18.0 Å². The average molecular weight is 593 g/mol. The van der Waals surface area contributed by atoms with Crippen molar-refractivity contribution in [2.45, 2.75) is 64.4 Å². The molecular weight excluding hydrogens is 548 g/mol. The largest absolute Gasteiger partial charge is 0.463 e. The molecule has 0 saturated heterocycles. The standard InChI is InChI=1S/C33H44N4O4S/c1-7-12-31-29(8-2)34-25(5)37(31)22-26-15-17-28(18-16-26)42-36(6)19-20-40-32(38)30(21-24(3)4)35-33(39)41-23-27-13-10-9-11-14-27/h7-8,10,12-18,24,30H,2,9,11,19-23H2,1,3-6H3,(H,35,39)/b12-7-/t30-/m0/s1. The van der Waals surface area contributed by atoms with E-state index in [0.29, 0.717) is 13.0 Å². The van der Waals surface area contributed by atoms with Crippen LogP contribution in [0.3, 0.4) is 0 Å². The lowest BCUT2D eigenvalue weighted by Gasteiger charge is -2.21. The van der Waals surface area contributed by atoms with Crippen LogP contribution in [0, 0.1) is 12.8 Å². The molecule has 1 aromatic heterocycles. The molecule has 0 radical (unpaired) electrons. The van der Waals surface area contributed by atoms with Gasteiger partial charge in [0.05, 0.1) is 11.4 Å². The first-order valence-electron chi connectivity index (χ1n) is 14.5. The predicted octanol–water partition coefficient (Wildman–Crippen LogP) is 6.82. The van der Waals surface area contributed by atoms with Gasteiger partial charge in [-0.2, -0.15) is 0 Å². The lowest BCUT2D eigenvalue weighted by Crippen LogP contribution is -2.43. The molecule has 8 nitrogen and oxygen atoms in total. The summed E-state index contributed by atoms with van der Waals surface area (Å²) in [6, 6.07) is 7.65. The molecule has 9 heteroatoms.